The van der Waals surface area contributed by atoms with Crippen molar-refractivity contribution in [2.45, 2.75) is 38.5 Å². The van der Waals surface area contributed by atoms with Gasteiger partial charge in [0.05, 0.1) is 11.5 Å². The highest BCUT2D eigenvalue weighted by molar-refractivity contribution is 5.80. The molecular weight excluding hydrogens is 334 g/mol. The molecule has 2 aromatic carbocycles. The van der Waals surface area contributed by atoms with E-state index in [1.54, 1.807) is 0 Å². The van der Waals surface area contributed by atoms with Crippen LogP contribution in [0.3, 0.4) is 0 Å². The molecule has 4 rings (SSSR count). The normalized spacial score (nSPS) is 15.0. The SMILES string of the molecule is CCc1cc2ccc(C(C)(C#N)Cc3cccc4c3CCN4)cc2[nH]c1=O. The van der Waals surface area contributed by atoms with Crippen LogP contribution in [0.5, 0.6) is 0 Å². The van der Waals surface area contributed by atoms with Crippen molar-refractivity contribution in [2.75, 3.05) is 11.9 Å². The summed E-state index contributed by atoms with van der Waals surface area (Å²) in [5.41, 5.74) is 5.52. The molecular formula is C23H23N3O. The van der Waals surface area contributed by atoms with Crippen molar-refractivity contribution in [3.8, 4) is 6.07 Å². The number of aromatic nitrogens is 1. The number of nitrogens with one attached hydrogen (secondary N) is 2. The van der Waals surface area contributed by atoms with Gasteiger partial charge in [-0.2, -0.15) is 5.26 Å². The highest BCUT2D eigenvalue weighted by atomic mass is 16.1. The number of pyridine rings is 1. The van der Waals surface area contributed by atoms with Crippen LogP contribution < -0.4 is 10.9 Å². The third kappa shape index (κ3) is 3.00. The molecule has 4 heteroatoms. The molecule has 0 bridgehead atoms. The third-order valence-electron chi connectivity index (χ3n) is 5.70. The number of benzene rings is 2. The van der Waals surface area contributed by atoms with Crippen LogP contribution in [-0.4, -0.2) is 11.5 Å². The first kappa shape index (κ1) is 17.4. The monoisotopic (exact) mass is 357 g/mol. The summed E-state index contributed by atoms with van der Waals surface area (Å²) in [6.07, 6.45) is 2.35. The van der Waals surface area contributed by atoms with E-state index < -0.39 is 5.41 Å². The van der Waals surface area contributed by atoms with Gasteiger partial charge in [-0.15, -0.1) is 0 Å². The summed E-state index contributed by atoms with van der Waals surface area (Å²) in [6, 6.07) is 16.7. The summed E-state index contributed by atoms with van der Waals surface area (Å²) in [7, 11) is 0. The minimum atomic E-state index is -0.660. The minimum absolute atomic E-state index is 0.0484. The summed E-state index contributed by atoms with van der Waals surface area (Å²) in [4.78, 5) is 15.2. The Balaban J connectivity index is 1.77. The lowest BCUT2D eigenvalue weighted by Gasteiger charge is -2.24. The van der Waals surface area contributed by atoms with Crippen molar-refractivity contribution < 1.29 is 0 Å². The molecule has 2 heterocycles. The number of hydrogen-bond donors (Lipinski definition) is 2. The molecule has 1 aliphatic heterocycles. The van der Waals surface area contributed by atoms with Crippen molar-refractivity contribution in [3.63, 3.8) is 0 Å². The number of hydrogen-bond acceptors (Lipinski definition) is 3. The predicted octanol–water partition coefficient (Wildman–Crippen LogP) is 4.08. The maximum Gasteiger partial charge on any atom is 0.251 e. The lowest BCUT2D eigenvalue weighted by molar-refractivity contribution is 0.604. The van der Waals surface area contributed by atoms with Gasteiger partial charge in [0.15, 0.2) is 0 Å². The van der Waals surface area contributed by atoms with Crippen LogP contribution in [0.1, 0.15) is 36.1 Å². The molecule has 2 N–H and O–H groups in total. The van der Waals surface area contributed by atoms with E-state index in [2.05, 4.69) is 34.6 Å². The molecule has 136 valence electrons. The second kappa shape index (κ2) is 6.59. The molecule has 4 nitrogen and oxygen atoms in total. The van der Waals surface area contributed by atoms with Crippen LogP contribution in [-0.2, 0) is 24.7 Å². The Labute approximate surface area is 158 Å². The average molecular weight is 357 g/mol. The van der Waals surface area contributed by atoms with E-state index in [0.717, 1.165) is 35.0 Å². The Hall–Kier alpha value is -3.06. The van der Waals surface area contributed by atoms with Crippen molar-refractivity contribution >= 4 is 16.6 Å². The first-order valence-corrected chi connectivity index (χ1v) is 9.46. The number of nitriles is 1. The van der Waals surface area contributed by atoms with Gasteiger partial charge >= 0.3 is 0 Å². The van der Waals surface area contributed by atoms with Crippen LogP contribution in [0, 0.1) is 11.3 Å². The van der Waals surface area contributed by atoms with Gasteiger partial charge in [-0.3, -0.25) is 4.79 Å². The molecule has 0 aliphatic carbocycles. The maximum atomic E-state index is 12.2. The van der Waals surface area contributed by atoms with Gasteiger partial charge < -0.3 is 10.3 Å². The molecule has 0 saturated carbocycles. The summed E-state index contributed by atoms with van der Waals surface area (Å²) >= 11 is 0. The van der Waals surface area contributed by atoms with E-state index in [9.17, 15) is 10.1 Å². The van der Waals surface area contributed by atoms with Crippen LogP contribution in [0.15, 0.2) is 47.3 Å². The number of fused-ring (bicyclic) bond motifs is 2. The Morgan fingerprint density at radius 1 is 1.19 bits per heavy atom. The van der Waals surface area contributed by atoms with Crippen LogP contribution >= 0.6 is 0 Å². The van der Waals surface area contributed by atoms with E-state index in [0.29, 0.717) is 12.8 Å². The van der Waals surface area contributed by atoms with Gasteiger partial charge in [0, 0.05) is 23.3 Å². The molecule has 1 unspecified atom stereocenters. The number of nitrogens with zero attached hydrogens (tertiary/aromatic N) is 1. The fourth-order valence-electron chi connectivity index (χ4n) is 4.02. The highest BCUT2D eigenvalue weighted by Crippen LogP contribution is 2.34. The highest BCUT2D eigenvalue weighted by Gasteiger charge is 2.29. The quantitative estimate of drug-likeness (QED) is 0.739. The summed E-state index contributed by atoms with van der Waals surface area (Å²) in [5, 5.41) is 14.4. The molecule has 1 aliphatic rings. The zero-order chi connectivity index (χ0) is 19.0. The summed E-state index contributed by atoms with van der Waals surface area (Å²) in [6.45, 7) is 4.91. The van der Waals surface area contributed by atoms with Crippen molar-refractivity contribution in [3.05, 3.63) is 75.1 Å². The lowest BCUT2D eigenvalue weighted by atomic mass is 9.77. The third-order valence-corrected chi connectivity index (χ3v) is 5.70. The standard InChI is InChI=1S/C23H23N3O/c1-3-15-11-16-7-8-18(12-21(16)26-22(15)27)23(2,14-24)13-17-5-4-6-20-19(17)9-10-25-20/h4-8,11-12,25H,3,9-10,13H2,1-2H3,(H,26,27). The Morgan fingerprint density at radius 2 is 2.04 bits per heavy atom. The van der Waals surface area contributed by atoms with E-state index >= 15 is 0 Å². The second-order valence-electron chi connectivity index (χ2n) is 7.52. The summed E-state index contributed by atoms with van der Waals surface area (Å²) < 4.78 is 0. The molecule has 27 heavy (non-hydrogen) atoms. The van der Waals surface area contributed by atoms with Gasteiger partial charge in [-0.05, 0) is 66.5 Å². The van der Waals surface area contributed by atoms with Gasteiger partial charge in [-0.1, -0.05) is 31.2 Å². The molecule has 3 aromatic rings. The van der Waals surface area contributed by atoms with Crippen molar-refractivity contribution in [2.24, 2.45) is 0 Å². The first-order valence-electron chi connectivity index (χ1n) is 9.46. The van der Waals surface area contributed by atoms with E-state index in [-0.39, 0.29) is 5.56 Å². The number of aromatic amines is 1. The van der Waals surface area contributed by atoms with Crippen molar-refractivity contribution in [1.82, 2.24) is 4.98 Å². The zero-order valence-electron chi connectivity index (χ0n) is 15.7. The summed E-state index contributed by atoms with van der Waals surface area (Å²) in [5.74, 6) is 0. The predicted molar refractivity (Wildman–Crippen MR) is 109 cm³/mol. The van der Waals surface area contributed by atoms with Crippen molar-refractivity contribution in [1.29, 1.82) is 5.26 Å². The zero-order valence-corrected chi connectivity index (χ0v) is 15.7. The molecule has 0 radical (unpaired) electrons. The molecule has 1 aromatic heterocycles. The van der Waals surface area contributed by atoms with Crippen LogP contribution in [0.2, 0.25) is 0 Å². The molecule has 0 spiro atoms. The van der Waals surface area contributed by atoms with Crippen LogP contribution in [0.4, 0.5) is 5.69 Å². The van der Waals surface area contributed by atoms with Gasteiger partial charge in [-0.25, -0.2) is 0 Å². The number of anilines is 1. The molecule has 0 amide bonds. The van der Waals surface area contributed by atoms with E-state index in [1.807, 2.05) is 38.1 Å². The minimum Gasteiger partial charge on any atom is -0.384 e. The second-order valence-corrected chi connectivity index (χ2v) is 7.52. The lowest BCUT2D eigenvalue weighted by Crippen LogP contribution is -2.23. The van der Waals surface area contributed by atoms with E-state index in [1.165, 1.54) is 16.8 Å². The maximum absolute atomic E-state index is 12.2. The number of rotatable bonds is 4. The van der Waals surface area contributed by atoms with Gasteiger partial charge in [0.25, 0.3) is 5.56 Å². The van der Waals surface area contributed by atoms with E-state index in [4.69, 9.17) is 0 Å². The van der Waals surface area contributed by atoms with Gasteiger partial charge in [0.2, 0.25) is 0 Å². The largest absolute Gasteiger partial charge is 0.384 e. The number of H-pyrrole nitrogens is 1. The number of aryl methyl sites for hydroxylation is 1. The van der Waals surface area contributed by atoms with Crippen LogP contribution in [0.25, 0.3) is 10.9 Å². The first-order chi connectivity index (χ1) is 13.0. The average Bonchev–Trinajstić information content (AvgIpc) is 3.16. The topological polar surface area (TPSA) is 68.7 Å². The Kier molecular flexibility index (Phi) is 4.24. The van der Waals surface area contributed by atoms with Gasteiger partial charge in [0.1, 0.15) is 0 Å². The molecule has 0 saturated heterocycles. The smallest absolute Gasteiger partial charge is 0.251 e. The molecule has 1 atom stereocenters. The fourth-order valence-corrected chi connectivity index (χ4v) is 4.02. The Morgan fingerprint density at radius 3 is 2.81 bits per heavy atom. The fraction of sp³-hybridized carbons (Fsp3) is 0.304. The molecule has 0 fully saturated rings. The Bertz CT molecular complexity index is 1120.